The summed E-state index contributed by atoms with van der Waals surface area (Å²) in [7, 11) is 0. The van der Waals surface area contributed by atoms with Gasteiger partial charge in [-0.25, -0.2) is 4.79 Å². The first-order chi connectivity index (χ1) is 8.53. The molecule has 2 atom stereocenters. The maximum atomic E-state index is 11.6. The third-order valence-corrected chi connectivity index (χ3v) is 3.98. The van der Waals surface area contributed by atoms with Crippen molar-refractivity contribution >= 4 is 12.0 Å². The summed E-state index contributed by atoms with van der Waals surface area (Å²) < 4.78 is 0. The molecule has 0 radical (unpaired) electrons. The van der Waals surface area contributed by atoms with E-state index in [1.54, 1.807) is 13.8 Å². The van der Waals surface area contributed by atoms with Crippen molar-refractivity contribution in [2.24, 2.45) is 16.7 Å². The predicted molar refractivity (Wildman–Crippen MR) is 76.1 cm³/mol. The van der Waals surface area contributed by atoms with Gasteiger partial charge in [0.1, 0.15) is 0 Å². The average molecular weight is 272 g/mol. The second-order valence-corrected chi connectivity index (χ2v) is 6.55. The van der Waals surface area contributed by atoms with Crippen molar-refractivity contribution in [2.75, 3.05) is 13.1 Å². The molecule has 0 rings (SSSR count). The molecular weight excluding hydrogens is 244 g/mol. The number of carboxylic acids is 1. The first-order valence-electron chi connectivity index (χ1n) is 6.78. The smallest absolute Gasteiger partial charge is 0.314 e. The van der Waals surface area contributed by atoms with Crippen LogP contribution in [0, 0.1) is 16.7 Å². The number of hydrogen-bond acceptors (Lipinski definition) is 2. The summed E-state index contributed by atoms with van der Waals surface area (Å²) in [6, 6.07) is -0.308. The number of carbonyl (C=O) groups excluding carboxylic acids is 1. The van der Waals surface area contributed by atoms with Crippen molar-refractivity contribution in [1.82, 2.24) is 10.6 Å². The van der Waals surface area contributed by atoms with Gasteiger partial charge in [0.15, 0.2) is 0 Å². The standard InChI is InChI=1S/C14H28N2O3/c1-7-14(6,11(17)18)9-16-12(19)15-8-10(2)13(3,4)5/h10H,7-9H2,1-6H3,(H,17,18)(H2,15,16,19). The van der Waals surface area contributed by atoms with Crippen LogP contribution >= 0.6 is 0 Å². The highest BCUT2D eigenvalue weighted by atomic mass is 16.4. The fourth-order valence-corrected chi connectivity index (χ4v) is 1.24. The first kappa shape index (κ1) is 17.7. The van der Waals surface area contributed by atoms with Gasteiger partial charge in [0.05, 0.1) is 5.41 Å². The van der Waals surface area contributed by atoms with Gasteiger partial charge >= 0.3 is 12.0 Å². The van der Waals surface area contributed by atoms with Crippen LogP contribution in [0.15, 0.2) is 0 Å². The Morgan fingerprint density at radius 3 is 2.05 bits per heavy atom. The largest absolute Gasteiger partial charge is 0.481 e. The van der Waals surface area contributed by atoms with Crippen LogP contribution in [0.1, 0.15) is 48.0 Å². The number of carbonyl (C=O) groups is 2. The lowest BCUT2D eigenvalue weighted by atomic mass is 9.82. The molecule has 2 unspecified atom stereocenters. The van der Waals surface area contributed by atoms with Crippen molar-refractivity contribution < 1.29 is 14.7 Å². The molecule has 0 aliphatic rings. The van der Waals surface area contributed by atoms with E-state index in [4.69, 9.17) is 5.11 Å². The van der Waals surface area contributed by atoms with E-state index in [2.05, 4.69) is 38.3 Å². The Labute approximate surface area is 116 Å². The quantitative estimate of drug-likeness (QED) is 0.695. The minimum atomic E-state index is -0.910. The summed E-state index contributed by atoms with van der Waals surface area (Å²) in [5.41, 5.74) is -0.779. The summed E-state index contributed by atoms with van der Waals surface area (Å²) in [5.74, 6) is -0.548. The van der Waals surface area contributed by atoms with E-state index in [1.807, 2.05) is 0 Å². The van der Waals surface area contributed by atoms with Gasteiger partial charge in [-0.1, -0.05) is 34.6 Å². The summed E-state index contributed by atoms with van der Waals surface area (Å²) in [5, 5.41) is 14.5. The number of carboxylic acid groups (broad SMARTS) is 1. The Morgan fingerprint density at radius 2 is 1.68 bits per heavy atom. The van der Waals surface area contributed by atoms with Gasteiger partial charge in [-0.15, -0.1) is 0 Å². The van der Waals surface area contributed by atoms with Gasteiger partial charge in [-0.2, -0.15) is 0 Å². The number of urea groups is 1. The van der Waals surface area contributed by atoms with Gasteiger partial charge in [0.2, 0.25) is 0 Å². The highest BCUT2D eigenvalue weighted by molar-refractivity contribution is 5.77. The number of amides is 2. The molecule has 5 heteroatoms. The minimum absolute atomic E-state index is 0.131. The van der Waals surface area contributed by atoms with Crippen LogP contribution in [-0.2, 0) is 4.79 Å². The zero-order valence-corrected chi connectivity index (χ0v) is 13.0. The number of rotatable bonds is 6. The van der Waals surface area contributed by atoms with Crippen molar-refractivity contribution in [1.29, 1.82) is 0 Å². The van der Waals surface area contributed by atoms with Gasteiger partial charge < -0.3 is 15.7 Å². The van der Waals surface area contributed by atoms with E-state index in [9.17, 15) is 9.59 Å². The zero-order chi connectivity index (χ0) is 15.3. The Bertz CT molecular complexity index is 323. The van der Waals surface area contributed by atoms with E-state index in [1.165, 1.54) is 0 Å². The Morgan fingerprint density at radius 1 is 1.16 bits per heavy atom. The molecule has 2 amide bonds. The maximum absolute atomic E-state index is 11.6. The zero-order valence-electron chi connectivity index (χ0n) is 13.0. The van der Waals surface area contributed by atoms with Crippen molar-refractivity contribution in [3.05, 3.63) is 0 Å². The van der Waals surface area contributed by atoms with Gasteiger partial charge in [0, 0.05) is 13.1 Å². The lowest BCUT2D eigenvalue weighted by Crippen LogP contribution is -2.46. The number of hydrogen-bond donors (Lipinski definition) is 3. The maximum Gasteiger partial charge on any atom is 0.314 e. The molecule has 0 saturated heterocycles. The molecule has 0 aromatic heterocycles. The Balaban J connectivity index is 4.17. The van der Waals surface area contributed by atoms with Crippen LogP contribution in [-0.4, -0.2) is 30.2 Å². The predicted octanol–water partition coefficient (Wildman–Crippen LogP) is 2.47. The van der Waals surface area contributed by atoms with E-state index < -0.39 is 11.4 Å². The molecule has 0 saturated carbocycles. The molecule has 0 spiro atoms. The molecule has 0 aromatic carbocycles. The lowest BCUT2D eigenvalue weighted by molar-refractivity contribution is -0.147. The fraction of sp³-hybridized carbons (Fsp3) is 0.857. The van der Waals surface area contributed by atoms with Crippen molar-refractivity contribution in [2.45, 2.75) is 48.0 Å². The second-order valence-electron chi connectivity index (χ2n) is 6.55. The molecule has 0 heterocycles. The van der Waals surface area contributed by atoms with Gasteiger partial charge in [0.25, 0.3) is 0 Å². The number of aliphatic carboxylic acids is 1. The molecule has 19 heavy (non-hydrogen) atoms. The Kier molecular flexibility index (Phi) is 6.33. The highest BCUT2D eigenvalue weighted by Gasteiger charge is 2.31. The summed E-state index contributed by atoms with van der Waals surface area (Å²) in [6.45, 7) is 12.6. The lowest BCUT2D eigenvalue weighted by Gasteiger charge is -2.28. The van der Waals surface area contributed by atoms with Crippen LogP contribution in [0.2, 0.25) is 0 Å². The van der Waals surface area contributed by atoms with E-state index in [-0.39, 0.29) is 18.0 Å². The van der Waals surface area contributed by atoms with Crippen LogP contribution < -0.4 is 10.6 Å². The molecule has 0 aliphatic heterocycles. The van der Waals surface area contributed by atoms with Crippen LogP contribution in [0.4, 0.5) is 4.79 Å². The van der Waals surface area contributed by atoms with Gasteiger partial charge in [-0.3, -0.25) is 4.79 Å². The minimum Gasteiger partial charge on any atom is -0.481 e. The molecule has 0 aliphatic carbocycles. The monoisotopic (exact) mass is 272 g/mol. The van der Waals surface area contributed by atoms with Crippen LogP contribution in [0.25, 0.3) is 0 Å². The fourth-order valence-electron chi connectivity index (χ4n) is 1.24. The molecular formula is C14H28N2O3. The summed E-state index contributed by atoms with van der Waals surface area (Å²) >= 11 is 0. The molecule has 5 nitrogen and oxygen atoms in total. The first-order valence-corrected chi connectivity index (χ1v) is 6.78. The average Bonchev–Trinajstić information content (AvgIpc) is 2.31. The summed E-state index contributed by atoms with van der Waals surface area (Å²) in [6.07, 6.45) is 0.473. The third-order valence-electron chi connectivity index (χ3n) is 3.98. The van der Waals surface area contributed by atoms with Crippen LogP contribution in [0.5, 0.6) is 0 Å². The van der Waals surface area contributed by atoms with E-state index >= 15 is 0 Å². The molecule has 0 aromatic rings. The number of nitrogens with one attached hydrogen (secondary N) is 2. The SMILES string of the molecule is CCC(C)(CNC(=O)NCC(C)C(C)(C)C)C(=O)O. The van der Waals surface area contributed by atoms with E-state index in [0.29, 0.717) is 18.9 Å². The Hall–Kier alpha value is -1.26. The highest BCUT2D eigenvalue weighted by Crippen LogP contribution is 2.24. The molecule has 0 fully saturated rings. The van der Waals surface area contributed by atoms with E-state index in [0.717, 1.165) is 0 Å². The van der Waals surface area contributed by atoms with Crippen molar-refractivity contribution in [3.8, 4) is 0 Å². The topological polar surface area (TPSA) is 78.4 Å². The van der Waals surface area contributed by atoms with Gasteiger partial charge in [-0.05, 0) is 24.7 Å². The second kappa shape index (κ2) is 6.78. The normalized spacial score (nSPS) is 16.3. The van der Waals surface area contributed by atoms with Crippen LogP contribution in [0.3, 0.4) is 0 Å². The van der Waals surface area contributed by atoms with Crippen molar-refractivity contribution in [3.63, 3.8) is 0 Å². The third kappa shape index (κ3) is 5.94. The molecule has 3 N–H and O–H groups in total. The molecule has 0 bridgehead atoms. The molecule has 112 valence electrons. The summed E-state index contributed by atoms with van der Waals surface area (Å²) in [4.78, 5) is 22.7.